The van der Waals surface area contributed by atoms with E-state index in [-0.39, 0.29) is 5.91 Å². The van der Waals surface area contributed by atoms with Gasteiger partial charge in [-0.15, -0.1) is 0 Å². The lowest BCUT2D eigenvalue weighted by Crippen LogP contribution is -2.23. The summed E-state index contributed by atoms with van der Waals surface area (Å²) in [6.45, 7) is 4.11. The maximum Gasteiger partial charge on any atom is 0.251 e. The molecule has 4 rings (SSSR count). The summed E-state index contributed by atoms with van der Waals surface area (Å²) in [6, 6.07) is 5.14. The Labute approximate surface area is 154 Å². The molecule has 0 saturated carbocycles. The summed E-state index contributed by atoms with van der Waals surface area (Å²) in [5.41, 5.74) is 3.72. The molecule has 0 fully saturated rings. The molecule has 0 saturated heterocycles. The molecule has 3 heterocycles. The molecule has 0 aliphatic heterocycles. The zero-order valence-corrected chi connectivity index (χ0v) is 14.9. The van der Waals surface area contributed by atoms with Gasteiger partial charge in [0.25, 0.3) is 5.91 Å². The molecular weight excluding hydrogens is 346 g/mol. The van der Waals surface area contributed by atoms with Crippen LogP contribution in [-0.4, -0.2) is 26.0 Å². The van der Waals surface area contributed by atoms with Crippen molar-refractivity contribution in [3.63, 3.8) is 0 Å². The minimum Gasteiger partial charge on any atom is -0.448 e. The van der Waals surface area contributed by atoms with Gasteiger partial charge in [-0.25, -0.2) is 4.98 Å². The monoisotopic (exact) mass is 363 g/mol. The third kappa shape index (κ3) is 3.41. The Bertz CT molecular complexity index is 1100. The Hall–Kier alpha value is -3.55. The van der Waals surface area contributed by atoms with Crippen LogP contribution in [0.25, 0.3) is 22.4 Å². The highest BCUT2D eigenvalue weighted by Gasteiger charge is 2.16. The van der Waals surface area contributed by atoms with Crippen LogP contribution in [0.5, 0.6) is 0 Å². The number of nitrogens with one attached hydrogen (secondary N) is 1. The maximum absolute atomic E-state index is 12.5. The summed E-state index contributed by atoms with van der Waals surface area (Å²) in [7, 11) is 0. The lowest BCUT2D eigenvalue weighted by atomic mass is 10.1. The number of rotatable bonds is 5. The molecule has 136 valence electrons. The molecule has 4 aromatic rings. The first-order valence-corrected chi connectivity index (χ1v) is 8.54. The van der Waals surface area contributed by atoms with Crippen molar-refractivity contribution in [2.24, 2.45) is 0 Å². The first-order valence-electron chi connectivity index (χ1n) is 8.54. The lowest BCUT2D eigenvalue weighted by molar-refractivity contribution is 0.0950. The number of nitrogens with zero attached hydrogens (tertiary/aromatic N) is 4. The topological polar surface area (TPSA) is 107 Å². The average Bonchev–Trinajstić information content (AvgIpc) is 3.33. The second-order valence-corrected chi connectivity index (χ2v) is 6.05. The van der Waals surface area contributed by atoms with Gasteiger partial charge in [0, 0.05) is 18.2 Å². The third-order valence-corrected chi connectivity index (χ3v) is 4.09. The van der Waals surface area contributed by atoms with E-state index in [0.29, 0.717) is 52.5 Å². The first kappa shape index (κ1) is 16.9. The number of aromatic nitrogens is 4. The van der Waals surface area contributed by atoms with Crippen molar-refractivity contribution < 1.29 is 13.7 Å². The van der Waals surface area contributed by atoms with Crippen LogP contribution in [0.4, 0.5) is 0 Å². The minimum atomic E-state index is -0.221. The largest absolute Gasteiger partial charge is 0.448 e. The van der Waals surface area contributed by atoms with Crippen LogP contribution < -0.4 is 5.32 Å². The predicted molar refractivity (Wildman–Crippen MR) is 96.8 cm³/mol. The van der Waals surface area contributed by atoms with Gasteiger partial charge in [-0.1, -0.05) is 12.1 Å². The molecule has 1 amide bonds. The Morgan fingerprint density at radius 2 is 2.11 bits per heavy atom. The van der Waals surface area contributed by atoms with Gasteiger partial charge < -0.3 is 14.3 Å². The van der Waals surface area contributed by atoms with Gasteiger partial charge in [-0.05, 0) is 25.1 Å². The molecule has 3 aromatic heterocycles. The molecule has 0 bridgehead atoms. The van der Waals surface area contributed by atoms with Gasteiger partial charge in [0.2, 0.25) is 0 Å². The number of amides is 1. The fourth-order valence-corrected chi connectivity index (χ4v) is 2.63. The van der Waals surface area contributed by atoms with Gasteiger partial charge >= 0.3 is 0 Å². The molecule has 0 aliphatic rings. The smallest absolute Gasteiger partial charge is 0.251 e. The van der Waals surface area contributed by atoms with Gasteiger partial charge in [-0.3, -0.25) is 14.8 Å². The van der Waals surface area contributed by atoms with E-state index in [1.807, 2.05) is 13.8 Å². The number of benzene rings is 1. The molecule has 1 N–H and O–H groups in total. The maximum atomic E-state index is 12.5. The standard InChI is InChI=1S/C19H17N5O3/c1-3-17-23-15(10-26-17)18-14-6-12(4-5-16(14)27-24-18)19(25)22-9-13-8-20-11(2)7-21-13/h4-8,10H,3,9H2,1-2H3,(H,22,25). The van der Waals surface area contributed by atoms with E-state index in [1.54, 1.807) is 36.9 Å². The molecule has 0 atom stereocenters. The first-order chi connectivity index (χ1) is 13.1. The van der Waals surface area contributed by atoms with E-state index in [1.165, 1.54) is 0 Å². The van der Waals surface area contributed by atoms with E-state index in [0.717, 1.165) is 5.69 Å². The van der Waals surface area contributed by atoms with Crippen LogP contribution in [0.15, 0.2) is 45.8 Å². The van der Waals surface area contributed by atoms with Crippen LogP contribution >= 0.6 is 0 Å². The van der Waals surface area contributed by atoms with Crippen molar-refractivity contribution in [1.29, 1.82) is 0 Å². The van der Waals surface area contributed by atoms with E-state index < -0.39 is 0 Å². The molecule has 0 radical (unpaired) electrons. The predicted octanol–water partition coefficient (Wildman–Crippen LogP) is 3.07. The molecule has 8 heteroatoms. The average molecular weight is 363 g/mol. The van der Waals surface area contributed by atoms with Crippen LogP contribution in [0.1, 0.15) is 34.6 Å². The summed E-state index contributed by atoms with van der Waals surface area (Å²) in [5.74, 6) is 0.398. The van der Waals surface area contributed by atoms with E-state index in [4.69, 9.17) is 8.94 Å². The van der Waals surface area contributed by atoms with Crippen LogP contribution in [0.3, 0.4) is 0 Å². The quantitative estimate of drug-likeness (QED) is 0.580. The minimum absolute atomic E-state index is 0.221. The van der Waals surface area contributed by atoms with Crippen molar-refractivity contribution in [3.05, 3.63) is 59.7 Å². The lowest BCUT2D eigenvalue weighted by Gasteiger charge is -2.05. The molecule has 8 nitrogen and oxygen atoms in total. The normalized spacial score (nSPS) is 11.0. The van der Waals surface area contributed by atoms with Crippen molar-refractivity contribution in [2.45, 2.75) is 26.8 Å². The van der Waals surface area contributed by atoms with E-state index in [2.05, 4.69) is 25.4 Å². The number of carbonyl (C=O) groups excluding carboxylic acids is 1. The third-order valence-electron chi connectivity index (χ3n) is 4.09. The Morgan fingerprint density at radius 1 is 1.22 bits per heavy atom. The van der Waals surface area contributed by atoms with Crippen LogP contribution in [-0.2, 0) is 13.0 Å². The molecule has 0 unspecified atom stereocenters. The summed E-state index contributed by atoms with van der Waals surface area (Å²) in [6.07, 6.45) is 5.54. The highest BCUT2D eigenvalue weighted by atomic mass is 16.5. The summed E-state index contributed by atoms with van der Waals surface area (Å²) >= 11 is 0. The van der Waals surface area contributed by atoms with Gasteiger partial charge in [-0.2, -0.15) is 0 Å². The Balaban J connectivity index is 1.57. The highest BCUT2D eigenvalue weighted by molar-refractivity contribution is 6.00. The fraction of sp³-hybridized carbons (Fsp3) is 0.211. The highest BCUT2D eigenvalue weighted by Crippen LogP contribution is 2.28. The second kappa shape index (κ2) is 6.99. The van der Waals surface area contributed by atoms with Gasteiger partial charge in [0.15, 0.2) is 11.5 Å². The number of hydrogen-bond donors (Lipinski definition) is 1. The zero-order valence-electron chi connectivity index (χ0n) is 14.9. The van der Waals surface area contributed by atoms with Crippen LogP contribution in [0, 0.1) is 6.92 Å². The number of hydrogen-bond acceptors (Lipinski definition) is 7. The molecule has 1 aromatic carbocycles. The number of aryl methyl sites for hydroxylation is 2. The van der Waals surface area contributed by atoms with Crippen molar-refractivity contribution >= 4 is 16.9 Å². The molecule has 0 aliphatic carbocycles. The number of oxazole rings is 1. The van der Waals surface area contributed by atoms with Crippen LogP contribution in [0.2, 0.25) is 0 Å². The summed E-state index contributed by atoms with van der Waals surface area (Å²) in [5, 5.41) is 7.61. The van der Waals surface area contributed by atoms with E-state index in [9.17, 15) is 4.79 Å². The Kier molecular flexibility index (Phi) is 4.37. The Morgan fingerprint density at radius 3 is 2.85 bits per heavy atom. The van der Waals surface area contributed by atoms with E-state index >= 15 is 0 Å². The summed E-state index contributed by atoms with van der Waals surface area (Å²) in [4.78, 5) is 25.3. The zero-order chi connectivity index (χ0) is 18.8. The van der Waals surface area contributed by atoms with Crippen molar-refractivity contribution in [3.8, 4) is 11.4 Å². The fourth-order valence-electron chi connectivity index (χ4n) is 2.63. The second-order valence-electron chi connectivity index (χ2n) is 6.05. The number of carbonyl (C=O) groups is 1. The molecule has 27 heavy (non-hydrogen) atoms. The number of fused-ring (bicyclic) bond motifs is 1. The summed E-state index contributed by atoms with van der Waals surface area (Å²) < 4.78 is 10.7. The van der Waals surface area contributed by atoms with Crippen molar-refractivity contribution in [2.75, 3.05) is 0 Å². The van der Waals surface area contributed by atoms with Gasteiger partial charge in [0.05, 0.1) is 29.5 Å². The molecular formula is C19H17N5O3. The van der Waals surface area contributed by atoms with Gasteiger partial charge in [0.1, 0.15) is 17.7 Å². The van der Waals surface area contributed by atoms with Crippen molar-refractivity contribution in [1.82, 2.24) is 25.4 Å². The SMILES string of the molecule is CCc1nc(-c2noc3ccc(C(=O)NCc4cnc(C)cn4)cc23)co1. The molecule has 0 spiro atoms.